The van der Waals surface area contributed by atoms with E-state index in [-0.39, 0.29) is 11.8 Å². The molecule has 2 aliphatic rings. The average molecular weight is 342 g/mol. The first-order chi connectivity index (χ1) is 11.9. The molecule has 1 aromatic carbocycles. The summed E-state index contributed by atoms with van der Waals surface area (Å²) >= 11 is 0. The van der Waals surface area contributed by atoms with Crippen LogP contribution in [0.15, 0.2) is 35.4 Å². The summed E-state index contributed by atoms with van der Waals surface area (Å²) in [6.07, 6.45) is 4.38. The molecule has 3 rings (SSSR count). The van der Waals surface area contributed by atoms with Gasteiger partial charge >= 0.3 is 5.97 Å². The largest absolute Gasteiger partial charge is 0.451 e. The summed E-state index contributed by atoms with van der Waals surface area (Å²) in [5, 5.41) is 5.52. The Balaban J connectivity index is 1.79. The van der Waals surface area contributed by atoms with Crippen molar-refractivity contribution >= 4 is 29.2 Å². The fourth-order valence-electron chi connectivity index (χ4n) is 3.63. The number of nitrogens with one attached hydrogen (secondary N) is 2. The highest BCUT2D eigenvalue weighted by Gasteiger charge is 2.49. The molecule has 1 aliphatic heterocycles. The van der Waals surface area contributed by atoms with Crippen LogP contribution in [0.3, 0.4) is 0 Å². The fourth-order valence-corrected chi connectivity index (χ4v) is 3.63. The molecule has 0 bridgehead atoms. The van der Waals surface area contributed by atoms with Gasteiger partial charge in [0.25, 0.3) is 5.91 Å². The van der Waals surface area contributed by atoms with Gasteiger partial charge in [-0.25, -0.2) is 4.79 Å². The molecule has 1 saturated carbocycles. The highest BCUT2D eigenvalue weighted by Crippen LogP contribution is 2.44. The second-order valence-corrected chi connectivity index (χ2v) is 6.66. The number of carbonyl (C=O) groups excluding carboxylic acids is 3. The molecule has 2 N–H and O–H groups in total. The maximum absolute atomic E-state index is 12.8. The molecule has 0 aromatic heterocycles. The smallest absolute Gasteiger partial charge is 0.335 e. The van der Waals surface area contributed by atoms with Crippen molar-refractivity contribution in [3.63, 3.8) is 0 Å². The number of hydrogen-bond acceptors (Lipinski definition) is 4. The second-order valence-electron chi connectivity index (χ2n) is 6.66. The average Bonchev–Trinajstić information content (AvgIpc) is 2.80. The van der Waals surface area contributed by atoms with Crippen molar-refractivity contribution in [3.05, 3.63) is 35.4 Å². The predicted octanol–water partition coefficient (Wildman–Crippen LogP) is 3.16. The summed E-state index contributed by atoms with van der Waals surface area (Å²) in [5.41, 5.74) is 1.35. The lowest BCUT2D eigenvalue weighted by atomic mass is 9.78. The second kappa shape index (κ2) is 6.70. The van der Waals surface area contributed by atoms with Crippen LogP contribution in [0.25, 0.3) is 0 Å². The van der Waals surface area contributed by atoms with Crippen LogP contribution in [0.4, 0.5) is 11.4 Å². The molecule has 0 unspecified atom stereocenters. The molecule has 132 valence electrons. The van der Waals surface area contributed by atoms with Gasteiger partial charge in [-0.2, -0.15) is 0 Å². The minimum absolute atomic E-state index is 0.154. The molecule has 6 nitrogen and oxygen atoms in total. The Hall–Kier alpha value is -2.63. The molecule has 1 heterocycles. The SMILES string of the molecule is CC(=O)Nc1ccc(NC(=O)C2=C(C)C(=O)OC23CCCCC3)cc1. The van der Waals surface area contributed by atoms with Crippen LogP contribution >= 0.6 is 0 Å². The van der Waals surface area contributed by atoms with Crippen LogP contribution in [0.1, 0.15) is 46.0 Å². The third-order valence-corrected chi connectivity index (χ3v) is 4.78. The van der Waals surface area contributed by atoms with E-state index < -0.39 is 11.6 Å². The van der Waals surface area contributed by atoms with E-state index >= 15 is 0 Å². The Morgan fingerprint density at radius 3 is 2.12 bits per heavy atom. The molecular formula is C19H22N2O4. The van der Waals surface area contributed by atoms with Crippen LogP contribution in [-0.2, 0) is 19.1 Å². The maximum Gasteiger partial charge on any atom is 0.335 e. The van der Waals surface area contributed by atoms with Crippen LogP contribution in [0, 0.1) is 0 Å². The Bertz CT molecular complexity index is 743. The number of esters is 1. The third-order valence-electron chi connectivity index (χ3n) is 4.78. The molecule has 2 amide bonds. The van der Waals surface area contributed by atoms with Crippen LogP contribution in [0.2, 0.25) is 0 Å². The molecule has 1 fully saturated rings. The van der Waals surface area contributed by atoms with Gasteiger partial charge < -0.3 is 15.4 Å². The number of hydrogen-bond donors (Lipinski definition) is 2. The number of rotatable bonds is 3. The van der Waals surface area contributed by atoms with E-state index in [4.69, 9.17) is 4.74 Å². The van der Waals surface area contributed by atoms with Gasteiger partial charge in [-0.1, -0.05) is 6.42 Å². The quantitative estimate of drug-likeness (QED) is 0.827. The van der Waals surface area contributed by atoms with Crippen molar-refractivity contribution < 1.29 is 19.1 Å². The Morgan fingerprint density at radius 2 is 1.56 bits per heavy atom. The van der Waals surface area contributed by atoms with E-state index in [9.17, 15) is 14.4 Å². The number of carbonyl (C=O) groups is 3. The minimum Gasteiger partial charge on any atom is -0.451 e. The Kier molecular flexibility index (Phi) is 4.61. The monoisotopic (exact) mass is 342 g/mol. The molecule has 0 saturated heterocycles. The summed E-state index contributed by atoms with van der Waals surface area (Å²) in [4.78, 5) is 36.0. The van der Waals surface area contributed by atoms with Gasteiger partial charge in [0.2, 0.25) is 5.91 Å². The van der Waals surface area contributed by atoms with Crippen LogP contribution in [0.5, 0.6) is 0 Å². The zero-order chi connectivity index (χ0) is 18.0. The molecule has 1 aliphatic carbocycles. The van der Waals surface area contributed by atoms with Gasteiger partial charge in [-0.3, -0.25) is 9.59 Å². The lowest BCUT2D eigenvalue weighted by Crippen LogP contribution is -2.39. The van der Waals surface area contributed by atoms with Crippen LogP contribution in [-0.4, -0.2) is 23.4 Å². The van der Waals surface area contributed by atoms with E-state index in [1.165, 1.54) is 6.92 Å². The van der Waals surface area contributed by atoms with Crippen molar-refractivity contribution in [1.29, 1.82) is 0 Å². The van der Waals surface area contributed by atoms with Gasteiger partial charge in [-0.05, 0) is 56.9 Å². The predicted molar refractivity (Wildman–Crippen MR) is 94.0 cm³/mol. The first-order valence-corrected chi connectivity index (χ1v) is 8.55. The van der Waals surface area contributed by atoms with Crippen molar-refractivity contribution in [1.82, 2.24) is 0 Å². The van der Waals surface area contributed by atoms with Crippen molar-refractivity contribution in [2.24, 2.45) is 0 Å². The minimum atomic E-state index is -0.764. The van der Waals surface area contributed by atoms with E-state index in [2.05, 4.69) is 10.6 Å². The fraction of sp³-hybridized carbons (Fsp3) is 0.421. The normalized spacial score (nSPS) is 18.9. The van der Waals surface area contributed by atoms with E-state index in [0.717, 1.165) is 19.3 Å². The molecule has 1 spiro atoms. The maximum atomic E-state index is 12.8. The molecule has 1 aromatic rings. The van der Waals surface area contributed by atoms with Gasteiger partial charge in [-0.15, -0.1) is 0 Å². The molecule has 6 heteroatoms. The first kappa shape index (κ1) is 17.2. The lowest BCUT2D eigenvalue weighted by Gasteiger charge is -2.34. The summed E-state index contributed by atoms with van der Waals surface area (Å²) in [6, 6.07) is 6.85. The molecule has 25 heavy (non-hydrogen) atoms. The third kappa shape index (κ3) is 3.43. The first-order valence-electron chi connectivity index (χ1n) is 8.55. The van der Waals surface area contributed by atoms with Gasteiger partial charge in [0.1, 0.15) is 5.60 Å². The number of ether oxygens (including phenoxy) is 1. The van der Waals surface area contributed by atoms with Crippen LogP contribution < -0.4 is 10.6 Å². The summed E-state index contributed by atoms with van der Waals surface area (Å²) in [7, 11) is 0. The lowest BCUT2D eigenvalue weighted by molar-refractivity contribution is -0.149. The van der Waals surface area contributed by atoms with Crippen molar-refractivity contribution in [2.45, 2.75) is 51.6 Å². The van der Waals surface area contributed by atoms with E-state index in [1.807, 2.05) is 0 Å². The number of benzene rings is 1. The highest BCUT2D eigenvalue weighted by atomic mass is 16.6. The Morgan fingerprint density at radius 1 is 1.00 bits per heavy atom. The molecule has 0 radical (unpaired) electrons. The number of amides is 2. The zero-order valence-corrected chi connectivity index (χ0v) is 14.5. The summed E-state index contributed by atoms with van der Waals surface area (Å²) < 4.78 is 5.62. The van der Waals surface area contributed by atoms with Crippen molar-refractivity contribution in [3.8, 4) is 0 Å². The van der Waals surface area contributed by atoms with E-state index in [1.54, 1.807) is 31.2 Å². The zero-order valence-electron chi connectivity index (χ0n) is 14.5. The number of anilines is 2. The Labute approximate surface area is 146 Å². The topological polar surface area (TPSA) is 84.5 Å². The molecule has 0 atom stereocenters. The highest BCUT2D eigenvalue weighted by molar-refractivity contribution is 6.12. The van der Waals surface area contributed by atoms with Gasteiger partial charge in [0.15, 0.2) is 0 Å². The summed E-state index contributed by atoms with van der Waals surface area (Å²) in [5.74, 6) is -0.844. The van der Waals surface area contributed by atoms with Gasteiger partial charge in [0, 0.05) is 23.9 Å². The van der Waals surface area contributed by atoms with Gasteiger partial charge in [0.05, 0.1) is 5.57 Å². The van der Waals surface area contributed by atoms with Crippen molar-refractivity contribution in [2.75, 3.05) is 10.6 Å². The van der Waals surface area contributed by atoms with E-state index in [0.29, 0.717) is 35.4 Å². The molecular weight excluding hydrogens is 320 g/mol. The summed E-state index contributed by atoms with van der Waals surface area (Å²) in [6.45, 7) is 3.09. The standard InChI is InChI=1S/C19H22N2O4/c1-12-16(19(25-18(12)24)10-4-3-5-11-19)17(23)21-15-8-6-14(7-9-15)20-13(2)22/h6-9H,3-5,10-11H2,1-2H3,(H,20,22)(H,21,23).